The molecule has 0 aliphatic carbocycles. The molecule has 0 unspecified atom stereocenters. The Labute approximate surface area is 269 Å². The first-order valence-corrected chi connectivity index (χ1v) is 17.7. The van der Waals surface area contributed by atoms with E-state index in [1.54, 1.807) is 45.3 Å². The van der Waals surface area contributed by atoms with E-state index in [0.29, 0.717) is 0 Å². The van der Waals surface area contributed by atoms with Crippen molar-refractivity contribution in [3.63, 3.8) is 0 Å². The molecule has 6 aromatic rings. The molecule has 9 rings (SSSR count). The van der Waals surface area contributed by atoms with Gasteiger partial charge in [0.25, 0.3) is 0 Å². The largest absolute Gasteiger partial charge is 0.353 e. The first kappa shape index (κ1) is 25.9. The number of nitrogens with zero attached hydrogens (tertiary/aromatic N) is 1. The lowest BCUT2D eigenvalue weighted by Crippen LogP contribution is -2.19. The van der Waals surface area contributed by atoms with Crippen molar-refractivity contribution in [2.75, 3.05) is 0 Å². The summed E-state index contributed by atoms with van der Waals surface area (Å²) in [5.74, 6) is 0. The molecule has 6 aromatic heterocycles. The molecule has 0 radical (unpaired) electrons. The average Bonchev–Trinajstić information content (AvgIpc) is 3.89. The monoisotopic (exact) mass is 639 g/mol. The third-order valence-corrected chi connectivity index (χ3v) is 11.5. The molecule has 9 heterocycles. The van der Waals surface area contributed by atoms with Crippen LogP contribution >= 0.6 is 45.3 Å². The van der Waals surface area contributed by atoms with Crippen molar-refractivity contribution in [2.24, 2.45) is 4.99 Å². The number of hydrogen-bond donors (Lipinski definition) is 3. The molecule has 3 N–H and O–H groups in total. The van der Waals surface area contributed by atoms with E-state index < -0.39 is 0 Å². The summed E-state index contributed by atoms with van der Waals surface area (Å²) in [4.78, 5) is 17.6. The lowest BCUT2D eigenvalue weighted by Gasteiger charge is -1.99. The summed E-state index contributed by atoms with van der Waals surface area (Å²) in [6.45, 7) is 0. The number of rotatable bonds is 4. The van der Waals surface area contributed by atoms with Crippen molar-refractivity contribution in [3.05, 3.63) is 144 Å². The van der Waals surface area contributed by atoms with Gasteiger partial charge < -0.3 is 9.97 Å². The maximum atomic E-state index is 5.19. The van der Waals surface area contributed by atoms with Crippen LogP contribution in [-0.2, 0) is 0 Å². The predicted molar refractivity (Wildman–Crippen MR) is 190 cm³/mol. The van der Waals surface area contributed by atoms with Gasteiger partial charge in [-0.15, -0.1) is 34.0 Å². The van der Waals surface area contributed by atoms with Gasteiger partial charge in [0.1, 0.15) is 21.5 Å². The number of aromatic nitrogens is 2. The van der Waals surface area contributed by atoms with Crippen LogP contribution in [0.3, 0.4) is 0 Å². The molecule has 0 fully saturated rings. The molecule has 0 saturated carbocycles. The lowest BCUT2D eigenvalue weighted by atomic mass is 10.1. The van der Waals surface area contributed by atoms with Gasteiger partial charge in [-0.3, -0.25) is 5.32 Å². The van der Waals surface area contributed by atoms with Gasteiger partial charge >= 0.3 is 0 Å². The Morgan fingerprint density at radius 1 is 0.636 bits per heavy atom. The van der Waals surface area contributed by atoms with Crippen LogP contribution in [0.15, 0.2) is 111 Å². The Balaban J connectivity index is 1.35. The molecule has 8 bridgehead atoms. The fourth-order valence-electron chi connectivity index (χ4n) is 5.80. The number of aromatic amines is 2. The minimum atomic E-state index is 0.935. The third-order valence-electron chi connectivity index (χ3n) is 7.88. The second-order valence-corrected chi connectivity index (χ2v) is 14.3. The zero-order valence-corrected chi connectivity index (χ0v) is 26.4. The smallest absolute Gasteiger partial charge is 0.157 e. The first-order chi connectivity index (χ1) is 21.8. The van der Waals surface area contributed by atoms with E-state index in [0.717, 1.165) is 49.8 Å². The molecule has 0 amide bonds. The van der Waals surface area contributed by atoms with E-state index in [4.69, 9.17) is 4.99 Å². The summed E-state index contributed by atoms with van der Waals surface area (Å²) < 4.78 is 0. The standard InChI is InChI=1S/C36H23N4S4/c1-5-33(41-13-1)21-17-29-30-18-22(34-6-2-14-42-34)27(38-30)11-12-28-24(36-8-4-16-44-36)20-32(40-28)31-19-23(35-7-3-15-43-35)26(39-31)10-9-25(21)37-29/h1-20,37-39H/q+1. The van der Waals surface area contributed by atoms with Crippen molar-refractivity contribution in [1.29, 1.82) is 0 Å². The zero-order valence-electron chi connectivity index (χ0n) is 23.1. The minimum absolute atomic E-state index is 0.935. The van der Waals surface area contributed by atoms with Crippen LogP contribution in [0.2, 0.25) is 0 Å². The van der Waals surface area contributed by atoms with Gasteiger partial charge in [-0.05, 0) is 76.8 Å². The van der Waals surface area contributed by atoms with Crippen molar-refractivity contribution < 1.29 is 0 Å². The molecular formula is C36H23N4S4+. The summed E-state index contributed by atoms with van der Waals surface area (Å²) in [5, 5.41) is 16.4. The molecule has 0 spiro atoms. The van der Waals surface area contributed by atoms with Crippen LogP contribution in [-0.4, -0.2) is 15.7 Å². The van der Waals surface area contributed by atoms with E-state index in [1.165, 1.54) is 36.2 Å². The molecule has 210 valence electrons. The second-order valence-electron chi connectivity index (χ2n) is 10.5. The molecule has 4 nitrogen and oxygen atoms in total. The van der Waals surface area contributed by atoms with Gasteiger partial charge in [0.2, 0.25) is 0 Å². The Morgan fingerprint density at radius 3 is 1.86 bits per heavy atom. The molecule has 44 heavy (non-hydrogen) atoms. The van der Waals surface area contributed by atoms with Gasteiger partial charge in [0.15, 0.2) is 5.70 Å². The van der Waals surface area contributed by atoms with Crippen LogP contribution in [0.5, 0.6) is 0 Å². The van der Waals surface area contributed by atoms with Crippen LogP contribution < -0.4 is 26.7 Å². The van der Waals surface area contributed by atoms with Gasteiger partial charge in [0.05, 0.1) is 28.5 Å². The number of thiophene rings is 4. The third kappa shape index (κ3) is 4.46. The number of aliphatic imine (C=N–C) groups is 1. The highest BCUT2D eigenvalue weighted by Gasteiger charge is 2.29. The Hall–Kier alpha value is -4.60. The van der Waals surface area contributed by atoms with E-state index in [9.17, 15) is 0 Å². The Bertz CT molecular complexity index is 2400. The zero-order chi connectivity index (χ0) is 29.0. The number of hydrogen-bond acceptors (Lipinski definition) is 6. The second kappa shape index (κ2) is 10.5. The van der Waals surface area contributed by atoms with Gasteiger partial charge in [0, 0.05) is 54.2 Å². The van der Waals surface area contributed by atoms with Crippen LogP contribution in [0.25, 0.3) is 55.6 Å². The predicted octanol–water partition coefficient (Wildman–Crippen LogP) is 6.73. The highest BCUT2D eigenvalue weighted by Crippen LogP contribution is 2.35. The molecule has 0 atom stereocenters. The van der Waals surface area contributed by atoms with Gasteiger partial charge in [-0.25, -0.2) is 4.99 Å². The number of H-pyrrole nitrogens is 2. The van der Waals surface area contributed by atoms with Crippen molar-refractivity contribution in [3.8, 4) is 20.9 Å². The molecular weight excluding hydrogens is 617 g/mol. The van der Waals surface area contributed by atoms with Crippen LogP contribution in [0.4, 0.5) is 0 Å². The number of allylic oxidation sites excluding steroid dienone is 3. The summed E-state index contributed by atoms with van der Waals surface area (Å²) in [7, 11) is 0. The highest BCUT2D eigenvalue weighted by molar-refractivity contribution is 7.14. The highest BCUT2D eigenvalue weighted by atomic mass is 32.1. The van der Waals surface area contributed by atoms with Crippen molar-refractivity contribution in [2.45, 2.75) is 0 Å². The maximum Gasteiger partial charge on any atom is 0.157 e. The van der Waals surface area contributed by atoms with Crippen LogP contribution in [0, 0.1) is 6.42 Å². The van der Waals surface area contributed by atoms with E-state index in [2.05, 4.69) is 134 Å². The number of nitrogens with one attached hydrogen (secondary N) is 3. The topological polar surface area (TPSA) is 56.0 Å². The summed E-state index contributed by atoms with van der Waals surface area (Å²) in [6.07, 6.45) is 13.2. The van der Waals surface area contributed by atoms with Crippen molar-refractivity contribution in [1.82, 2.24) is 15.3 Å². The maximum absolute atomic E-state index is 5.19. The SMILES string of the molecule is C1=CC2=C(c3cccs3)[CH+]C(=c3cc(-c4cccs4)c([nH]3)=CC=c3[nH]c(cc3-c3cccs3)=C3C=C(c4cccs4)C1=N3)N2. The molecule has 0 saturated heterocycles. The first-order valence-electron chi connectivity index (χ1n) is 14.2. The Kier molecular flexibility index (Phi) is 6.19. The number of fused-ring (bicyclic) bond motifs is 7. The molecule has 3 aliphatic heterocycles. The van der Waals surface area contributed by atoms with Gasteiger partial charge in [-0.1, -0.05) is 29.5 Å². The fraction of sp³-hybridized carbons (Fsp3) is 0. The molecule has 3 aliphatic rings. The van der Waals surface area contributed by atoms with E-state index in [-0.39, 0.29) is 0 Å². The Morgan fingerprint density at radius 2 is 1.23 bits per heavy atom. The average molecular weight is 640 g/mol. The minimum Gasteiger partial charge on any atom is -0.353 e. The van der Waals surface area contributed by atoms with Crippen LogP contribution in [0.1, 0.15) is 9.75 Å². The summed E-state index contributed by atoms with van der Waals surface area (Å²) in [5.41, 5.74) is 8.67. The van der Waals surface area contributed by atoms with Gasteiger partial charge in [-0.2, -0.15) is 0 Å². The summed E-state index contributed by atoms with van der Waals surface area (Å²) in [6, 6.07) is 21.6. The quantitative estimate of drug-likeness (QED) is 0.184. The molecule has 8 heteroatoms. The molecule has 0 aromatic carbocycles. The van der Waals surface area contributed by atoms with Crippen molar-refractivity contribution >= 4 is 85.8 Å². The lowest BCUT2D eigenvalue weighted by molar-refractivity contribution is 1.14. The van der Waals surface area contributed by atoms with E-state index in [1.807, 2.05) is 0 Å². The fourth-order valence-corrected chi connectivity index (χ4v) is 8.82. The summed E-state index contributed by atoms with van der Waals surface area (Å²) >= 11 is 7.00. The normalized spacial score (nSPS) is 15.5. The van der Waals surface area contributed by atoms with E-state index >= 15 is 0 Å².